The van der Waals surface area contributed by atoms with Gasteiger partial charge in [0.1, 0.15) is 10.6 Å². The van der Waals surface area contributed by atoms with Gasteiger partial charge in [0, 0.05) is 10.4 Å². The quantitative estimate of drug-likeness (QED) is 0.858. The number of carbonyl (C=O) groups excluding carboxylic acids is 1. The number of thiophene rings is 1. The van der Waals surface area contributed by atoms with Gasteiger partial charge in [-0.25, -0.2) is 4.79 Å². The Bertz CT molecular complexity index is 625. The predicted octanol–water partition coefficient (Wildman–Crippen LogP) is 4.20. The predicted molar refractivity (Wildman–Crippen MR) is 81.2 cm³/mol. The Balaban J connectivity index is 2.60. The Kier molecular flexibility index (Phi) is 4.18. The molecule has 2 aromatic heterocycles. The van der Waals surface area contributed by atoms with Crippen LogP contribution in [0.25, 0.3) is 10.4 Å². The van der Waals surface area contributed by atoms with Crippen molar-refractivity contribution in [3.8, 4) is 10.4 Å². The maximum atomic E-state index is 12.0. The Hall–Kier alpha value is -1.75. The van der Waals surface area contributed by atoms with Gasteiger partial charge in [0.15, 0.2) is 0 Å². The van der Waals surface area contributed by atoms with Gasteiger partial charge < -0.3 is 14.9 Å². The maximum Gasteiger partial charge on any atom is 0.350 e. The lowest BCUT2D eigenvalue weighted by atomic mass is 9.98. The van der Waals surface area contributed by atoms with Crippen LogP contribution >= 0.6 is 11.3 Å². The van der Waals surface area contributed by atoms with Crippen molar-refractivity contribution < 1.29 is 13.9 Å². The van der Waals surface area contributed by atoms with Crippen LogP contribution in [0.2, 0.25) is 0 Å². The molecule has 0 bridgehead atoms. The molecule has 0 amide bonds. The van der Waals surface area contributed by atoms with E-state index in [-0.39, 0.29) is 11.9 Å². The van der Waals surface area contributed by atoms with E-state index >= 15 is 0 Å². The minimum absolute atomic E-state index is 0.221. The molecule has 2 rings (SSSR count). The molecule has 0 aromatic carbocycles. The number of carbonyl (C=O) groups is 1. The highest BCUT2D eigenvalue weighted by Crippen LogP contribution is 2.44. The van der Waals surface area contributed by atoms with E-state index in [4.69, 9.17) is 14.9 Å². The molecule has 5 heteroatoms. The summed E-state index contributed by atoms with van der Waals surface area (Å²) in [7, 11) is 0. The fraction of sp³-hybridized carbons (Fsp3) is 0.400. The van der Waals surface area contributed by atoms with Gasteiger partial charge in [0.05, 0.1) is 18.6 Å². The summed E-state index contributed by atoms with van der Waals surface area (Å²) < 4.78 is 10.4. The number of nitrogen functional groups attached to an aromatic ring is 1. The van der Waals surface area contributed by atoms with Gasteiger partial charge >= 0.3 is 5.97 Å². The highest BCUT2D eigenvalue weighted by molar-refractivity contribution is 7.18. The van der Waals surface area contributed by atoms with Gasteiger partial charge in [-0.15, -0.1) is 11.3 Å². The van der Waals surface area contributed by atoms with Crippen molar-refractivity contribution in [3.05, 3.63) is 28.5 Å². The first-order valence-corrected chi connectivity index (χ1v) is 7.42. The van der Waals surface area contributed by atoms with Crippen molar-refractivity contribution in [1.29, 1.82) is 0 Å². The molecule has 0 unspecified atom stereocenters. The van der Waals surface area contributed by atoms with Crippen molar-refractivity contribution in [2.24, 2.45) is 0 Å². The third-order valence-corrected chi connectivity index (χ3v) is 4.36. The van der Waals surface area contributed by atoms with Crippen molar-refractivity contribution in [1.82, 2.24) is 0 Å². The molecule has 2 N–H and O–H groups in total. The molecule has 108 valence electrons. The summed E-state index contributed by atoms with van der Waals surface area (Å²) in [6, 6.07) is 1.90. The molecular formula is C15H19NO3S. The molecule has 0 aliphatic carbocycles. The molecule has 0 saturated carbocycles. The number of hydrogen-bond donors (Lipinski definition) is 1. The zero-order valence-corrected chi connectivity index (χ0v) is 13.0. The summed E-state index contributed by atoms with van der Waals surface area (Å²) in [5, 5.41) is 0. The van der Waals surface area contributed by atoms with E-state index in [2.05, 4.69) is 13.8 Å². The number of furan rings is 1. The normalized spacial score (nSPS) is 11.1. The number of aryl methyl sites for hydroxylation is 1. The third-order valence-electron chi connectivity index (χ3n) is 3.13. The van der Waals surface area contributed by atoms with Crippen LogP contribution in [0.3, 0.4) is 0 Å². The van der Waals surface area contributed by atoms with Crippen molar-refractivity contribution in [2.75, 3.05) is 12.3 Å². The molecule has 20 heavy (non-hydrogen) atoms. The summed E-state index contributed by atoms with van der Waals surface area (Å²) in [5.74, 6) is 0.687. The maximum absolute atomic E-state index is 12.0. The molecule has 2 heterocycles. The van der Waals surface area contributed by atoms with E-state index in [1.807, 2.05) is 13.0 Å². The molecule has 4 nitrogen and oxygen atoms in total. The Morgan fingerprint density at radius 3 is 2.70 bits per heavy atom. The second-order valence-corrected chi connectivity index (χ2v) is 5.87. The summed E-state index contributed by atoms with van der Waals surface area (Å²) in [4.78, 5) is 13.5. The number of nitrogens with two attached hydrogens (primary N) is 1. The summed E-state index contributed by atoms with van der Waals surface area (Å²) in [5.41, 5.74) is 8.67. The van der Waals surface area contributed by atoms with E-state index in [9.17, 15) is 4.79 Å². The van der Waals surface area contributed by atoms with Crippen LogP contribution < -0.4 is 5.73 Å². The number of hydrogen-bond acceptors (Lipinski definition) is 5. The lowest BCUT2D eigenvalue weighted by Crippen LogP contribution is -2.06. The van der Waals surface area contributed by atoms with E-state index < -0.39 is 0 Å². The van der Waals surface area contributed by atoms with Crippen molar-refractivity contribution in [3.63, 3.8) is 0 Å². The van der Waals surface area contributed by atoms with E-state index in [1.165, 1.54) is 11.3 Å². The van der Waals surface area contributed by atoms with E-state index in [0.29, 0.717) is 17.2 Å². The minimum atomic E-state index is -0.357. The molecule has 0 aliphatic heterocycles. The summed E-state index contributed by atoms with van der Waals surface area (Å²) >= 11 is 1.37. The lowest BCUT2D eigenvalue weighted by molar-refractivity contribution is 0.0533. The second-order valence-electron chi connectivity index (χ2n) is 4.85. The van der Waals surface area contributed by atoms with Gasteiger partial charge in [-0.3, -0.25) is 0 Å². The van der Waals surface area contributed by atoms with E-state index in [1.54, 1.807) is 13.2 Å². The van der Waals surface area contributed by atoms with Crippen LogP contribution in [0.4, 0.5) is 5.69 Å². The first-order chi connectivity index (χ1) is 9.47. The van der Waals surface area contributed by atoms with Crippen molar-refractivity contribution >= 4 is 23.0 Å². The average molecular weight is 293 g/mol. The van der Waals surface area contributed by atoms with Crippen LogP contribution in [-0.4, -0.2) is 12.6 Å². The molecule has 0 spiro atoms. The summed E-state index contributed by atoms with van der Waals surface area (Å²) in [6.45, 7) is 8.15. The van der Waals surface area contributed by atoms with Crippen molar-refractivity contribution in [2.45, 2.75) is 33.6 Å². The smallest absolute Gasteiger partial charge is 0.350 e. The highest BCUT2D eigenvalue weighted by atomic mass is 32.1. The first kappa shape index (κ1) is 14.7. The summed E-state index contributed by atoms with van der Waals surface area (Å²) in [6.07, 6.45) is 1.65. The molecule has 2 aromatic rings. The minimum Gasteiger partial charge on any atom is -0.469 e. The number of rotatable bonds is 4. The SMILES string of the molecule is CCOC(=O)c1sc(-c2ccoc2C)c(C(C)C)c1N. The Morgan fingerprint density at radius 2 is 2.20 bits per heavy atom. The number of esters is 1. The number of ether oxygens (including phenoxy) is 1. The third kappa shape index (κ3) is 2.45. The van der Waals surface area contributed by atoms with Gasteiger partial charge in [0.25, 0.3) is 0 Å². The molecular weight excluding hydrogens is 274 g/mol. The molecule has 0 saturated heterocycles. The Labute approximate surface area is 122 Å². The van der Waals surface area contributed by atoms with Crippen LogP contribution in [0, 0.1) is 6.92 Å². The zero-order chi connectivity index (χ0) is 14.9. The number of anilines is 1. The highest BCUT2D eigenvalue weighted by Gasteiger charge is 2.25. The monoisotopic (exact) mass is 293 g/mol. The molecule has 0 atom stereocenters. The van der Waals surface area contributed by atoms with Gasteiger partial charge in [-0.05, 0) is 31.4 Å². The fourth-order valence-electron chi connectivity index (χ4n) is 2.20. The zero-order valence-electron chi connectivity index (χ0n) is 12.1. The second kappa shape index (κ2) is 5.71. The topological polar surface area (TPSA) is 65.5 Å². The van der Waals surface area contributed by atoms with Crippen LogP contribution in [-0.2, 0) is 4.74 Å². The van der Waals surface area contributed by atoms with E-state index in [0.717, 1.165) is 21.8 Å². The fourth-order valence-corrected chi connectivity index (χ4v) is 3.54. The van der Waals surface area contributed by atoms with Crippen LogP contribution in [0.1, 0.15) is 47.7 Å². The lowest BCUT2D eigenvalue weighted by Gasteiger charge is -2.08. The Morgan fingerprint density at radius 1 is 1.50 bits per heavy atom. The van der Waals surface area contributed by atoms with Crippen LogP contribution in [0.15, 0.2) is 16.7 Å². The first-order valence-electron chi connectivity index (χ1n) is 6.61. The van der Waals surface area contributed by atoms with Gasteiger partial charge in [-0.1, -0.05) is 13.8 Å². The van der Waals surface area contributed by atoms with Crippen LogP contribution in [0.5, 0.6) is 0 Å². The standard InChI is InChI=1S/C15H19NO3S/c1-5-18-15(17)14-12(16)11(8(2)3)13(20-14)10-6-7-19-9(10)4/h6-8H,5,16H2,1-4H3. The van der Waals surface area contributed by atoms with Gasteiger partial charge in [0.2, 0.25) is 0 Å². The molecule has 0 radical (unpaired) electrons. The molecule has 0 aliphatic rings. The van der Waals surface area contributed by atoms with Gasteiger partial charge in [-0.2, -0.15) is 0 Å². The largest absolute Gasteiger partial charge is 0.469 e. The molecule has 0 fully saturated rings. The average Bonchev–Trinajstić information content (AvgIpc) is 2.93.